The minimum Gasteiger partial charge on any atom is -0.314 e. The highest BCUT2D eigenvalue weighted by atomic mass is 32.2. The van der Waals surface area contributed by atoms with E-state index in [2.05, 4.69) is 0 Å². The Bertz CT molecular complexity index is 135. The number of halogens is 1. The molecule has 1 unspecified atom stereocenters. The van der Waals surface area contributed by atoms with E-state index in [1.54, 1.807) is 13.1 Å². The summed E-state index contributed by atoms with van der Waals surface area (Å²) in [5.41, 5.74) is 0. The first kappa shape index (κ1) is 11.3. The Morgan fingerprint density at radius 3 is 2.45 bits per heavy atom. The fourth-order valence-corrected chi connectivity index (χ4v) is 2.01. The van der Waals surface area contributed by atoms with E-state index in [1.807, 2.05) is 0 Å². The second-order valence-electron chi connectivity index (χ2n) is 3.05. The molecule has 0 aromatic heterocycles. The molecule has 0 heterocycles. The lowest BCUT2D eigenvalue weighted by atomic mass is 10.5. The van der Waals surface area contributed by atoms with E-state index in [-0.39, 0.29) is 0 Å². The van der Waals surface area contributed by atoms with Crippen LogP contribution in [0.25, 0.3) is 0 Å². The van der Waals surface area contributed by atoms with Crippen molar-refractivity contribution >= 4 is 19.5 Å². The number of hydrogen-bond acceptors (Lipinski definition) is 2. The summed E-state index contributed by atoms with van der Waals surface area (Å²) in [5, 5.41) is 0. The van der Waals surface area contributed by atoms with Gasteiger partial charge in [-0.25, -0.2) is 4.21 Å². The van der Waals surface area contributed by atoms with Gasteiger partial charge in [-0.1, -0.05) is 0 Å². The fourth-order valence-electron chi connectivity index (χ4n) is 0.669. The van der Waals surface area contributed by atoms with Crippen LogP contribution in [0.2, 0.25) is 19.1 Å². The largest absolute Gasteiger partial charge is 0.314 e. The van der Waals surface area contributed by atoms with Gasteiger partial charge in [0.15, 0.2) is 11.1 Å². The summed E-state index contributed by atoms with van der Waals surface area (Å²) in [6, 6.07) is 0.588. The van der Waals surface area contributed by atoms with Crippen molar-refractivity contribution in [3.63, 3.8) is 0 Å². The highest BCUT2D eigenvalue weighted by molar-refractivity contribution is 7.79. The van der Waals surface area contributed by atoms with Crippen LogP contribution < -0.4 is 0 Å². The van der Waals surface area contributed by atoms with Crippen LogP contribution in [0.15, 0.2) is 0 Å². The molecule has 0 amide bonds. The Balaban J connectivity index is 3.22. The van der Waals surface area contributed by atoms with Crippen molar-refractivity contribution in [1.29, 1.82) is 0 Å². The topological polar surface area (TPSA) is 26.3 Å². The molecular weight excluding hydrogens is 183 g/mol. The first-order valence-electron chi connectivity index (χ1n) is 3.57. The quantitative estimate of drug-likeness (QED) is 0.383. The van der Waals surface area contributed by atoms with Gasteiger partial charge in [-0.15, -0.1) is 0 Å². The second kappa shape index (κ2) is 5.00. The molecule has 68 valence electrons. The molecule has 0 radical (unpaired) electrons. The summed E-state index contributed by atoms with van der Waals surface area (Å²) < 4.78 is 28.1. The summed E-state index contributed by atoms with van der Waals surface area (Å²) in [6.45, 7) is 3.73. The van der Waals surface area contributed by atoms with E-state index >= 15 is 0 Å². The Labute approximate surface area is 71.0 Å². The Kier molecular flexibility index (Phi) is 5.12. The minimum atomic E-state index is -2.41. The maximum absolute atomic E-state index is 12.9. The van der Waals surface area contributed by atoms with Gasteiger partial charge in [-0.3, -0.25) is 4.18 Å². The van der Waals surface area contributed by atoms with Crippen LogP contribution in [0.3, 0.4) is 0 Å². The molecule has 0 aliphatic carbocycles. The van der Waals surface area contributed by atoms with Gasteiger partial charge in [-0.05, 0) is 25.6 Å². The van der Waals surface area contributed by atoms with E-state index in [0.717, 1.165) is 0 Å². The molecule has 11 heavy (non-hydrogen) atoms. The summed E-state index contributed by atoms with van der Waals surface area (Å²) in [4.78, 5) is 0. The third kappa shape index (κ3) is 10.3. The zero-order chi connectivity index (χ0) is 8.91. The predicted octanol–water partition coefficient (Wildman–Crippen LogP) is 1.86. The molecule has 0 aromatic carbocycles. The third-order valence-electron chi connectivity index (χ3n) is 1.16. The van der Waals surface area contributed by atoms with Crippen LogP contribution in [0.4, 0.5) is 4.11 Å². The molecule has 1 atom stereocenters. The Hall–Kier alpha value is 0.257. The predicted molar refractivity (Wildman–Crippen MR) is 48.0 cm³/mol. The van der Waals surface area contributed by atoms with Crippen LogP contribution in [0.5, 0.6) is 0 Å². The highest BCUT2D eigenvalue weighted by Crippen LogP contribution is 2.12. The molecule has 0 spiro atoms. The van der Waals surface area contributed by atoms with Gasteiger partial charge in [0.05, 0.1) is 6.61 Å². The summed E-state index contributed by atoms with van der Waals surface area (Å²) in [7, 11) is -2.41. The zero-order valence-electron chi connectivity index (χ0n) is 7.22. The molecule has 5 heteroatoms. The normalized spacial score (nSPS) is 14.9. The van der Waals surface area contributed by atoms with Gasteiger partial charge in [0.2, 0.25) is 8.41 Å². The van der Waals surface area contributed by atoms with Crippen LogP contribution in [-0.2, 0) is 15.3 Å². The van der Waals surface area contributed by atoms with E-state index in [4.69, 9.17) is 4.18 Å². The molecule has 0 rings (SSSR count). The van der Waals surface area contributed by atoms with Crippen molar-refractivity contribution in [1.82, 2.24) is 0 Å². The second-order valence-corrected chi connectivity index (χ2v) is 8.02. The lowest BCUT2D eigenvalue weighted by molar-refractivity contribution is 0.348. The van der Waals surface area contributed by atoms with Crippen molar-refractivity contribution in [3.8, 4) is 0 Å². The maximum atomic E-state index is 12.9. The van der Waals surface area contributed by atoms with Crippen LogP contribution >= 0.6 is 0 Å². The molecule has 0 aliphatic rings. The van der Waals surface area contributed by atoms with E-state index < -0.39 is 19.5 Å². The Morgan fingerprint density at radius 1 is 1.55 bits per heavy atom. The van der Waals surface area contributed by atoms with Gasteiger partial charge in [0.1, 0.15) is 0 Å². The zero-order valence-corrected chi connectivity index (χ0v) is 9.04. The van der Waals surface area contributed by atoms with Gasteiger partial charge in [0.25, 0.3) is 0 Å². The van der Waals surface area contributed by atoms with Crippen molar-refractivity contribution in [2.75, 3.05) is 12.9 Å². The van der Waals surface area contributed by atoms with Gasteiger partial charge in [-0.2, -0.15) is 0 Å². The molecule has 2 nitrogen and oxygen atoms in total. The molecule has 0 saturated carbocycles. The molecule has 0 aromatic rings. The lowest BCUT2D eigenvalue weighted by Crippen LogP contribution is -2.18. The Morgan fingerprint density at radius 2 is 2.09 bits per heavy atom. The van der Waals surface area contributed by atoms with Crippen LogP contribution in [0.1, 0.15) is 6.42 Å². The SMILES string of the molecule is CS(=O)OCCC[Si](C)(C)F. The van der Waals surface area contributed by atoms with Gasteiger partial charge < -0.3 is 4.11 Å². The maximum Gasteiger partial charge on any atom is 0.241 e. The molecule has 0 bridgehead atoms. The number of hydrogen-bond donors (Lipinski definition) is 0. The van der Waals surface area contributed by atoms with Gasteiger partial charge in [0, 0.05) is 6.26 Å². The molecule has 0 fully saturated rings. The summed E-state index contributed by atoms with van der Waals surface area (Å²) in [5.74, 6) is 0. The van der Waals surface area contributed by atoms with Crippen molar-refractivity contribution in [2.24, 2.45) is 0 Å². The fraction of sp³-hybridized carbons (Fsp3) is 1.00. The van der Waals surface area contributed by atoms with Crippen LogP contribution in [0, 0.1) is 0 Å². The molecule has 0 N–H and O–H groups in total. The third-order valence-corrected chi connectivity index (χ3v) is 3.21. The summed E-state index contributed by atoms with van der Waals surface area (Å²) in [6.07, 6.45) is 2.15. The highest BCUT2D eigenvalue weighted by Gasteiger charge is 2.18. The average Bonchev–Trinajstić information content (AvgIpc) is 1.78. The van der Waals surface area contributed by atoms with E-state index in [9.17, 15) is 8.32 Å². The van der Waals surface area contributed by atoms with Crippen molar-refractivity contribution < 1.29 is 12.5 Å². The minimum absolute atomic E-state index is 0.406. The van der Waals surface area contributed by atoms with Crippen LogP contribution in [-0.4, -0.2) is 25.5 Å². The lowest BCUT2D eigenvalue weighted by Gasteiger charge is -2.09. The van der Waals surface area contributed by atoms with Crippen molar-refractivity contribution in [3.05, 3.63) is 0 Å². The molecule has 0 saturated heterocycles. The first-order chi connectivity index (χ1) is 4.92. The molecule has 0 aliphatic heterocycles. The standard InChI is InChI=1S/C6H15FO2SSi/c1-10(8)9-5-4-6-11(2,3)7/h4-6H2,1-3H3. The number of rotatable bonds is 5. The summed E-state index contributed by atoms with van der Waals surface area (Å²) >= 11 is -1.20. The van der Waals surface area contributed by atoms with E-state index in [0.29, 0.717) is 19.1 Å². The molecular formula is C6H15FO2SSi. The smallest absolute Gasteiger partial charge is 0.241 e. The average molecular weight is 198 g/mol. The van der Waals surface area contributed by atoms with Crippen molar-refractivity contribution in [2.45, 2.75) is 25.6 Å². The monoisotopic (exact) mass is 198 g/mol. The van der Waals surface area contributed by atoms with E-state index in [1.165, 1.54) is 6.26 Å². The van der Waals surface area contributed by atoms with Gasteiger partial charge >= 0.3 is 0 Å². The first-order valence-corrected chi connectivity index (χ1v) is 8.14.